The van der Waals surface area contributed by atoms with Gasteiger partial charge in [-0.2, -0.15) is 13.2 Å². The number of imidazole rings is 1. The van der Waals surface area contributed by atoms with Crippen LogP contribution in [0.25, 0.3) is 11.0 Å². The number of ether oxygens (including phenoxy) is 1. The molecule has 0 radical (unpaired) electrons. The van der Waals surface area contributed by atoms with E-state index in [2.05, 4.69) is 20.6 Å². The number of hydrogen-bond acceptors (Lipinski definition) is 5. The first kappa shape index (κ1) is 22.4. The third kappa shape index (κ3) is 5.01. The molecule has 0 fully saturated rings. The SMILES string of the molecule is CC(=O)Nc1cc(Oc2ccc3c(c2)nc(Nc2ccc(Cl)c(C(F)(F)F)c2)n3C)ccn1. The highest BCUT2D eigenvalue weighted by atomic mass is 35.5. The Bertz CT molecular complexity index is 1350. The molecular weight excluding hydrogens is 459 g/mol. The molecule has 170 valence electrons. The molecule has 33 heavy (non-hydrogen) atoms. The number of anilines is 3. The number of halogens is 4. The van der Waals surface area contributed by atoms with E-state index in [1.807, 2.05) is 0 Å². The van der Waals surface area contributed by atoms with Crippen molar-refractivity contribution in [3.05, 3.63) is 65.3 Å². The molecule has 0 saturated carbocycles. The fourth-order valence-electron chi connectivity index (χ4n) is 3.16. The zero-order valence-corrected chi connectivity index (χ0v) is 18.1. The summed E-state index contributed by atoms with van der Waals surface area (Å²) in [6, 6.07) is 12.0. The lowest BCUT2D eigenvalue weighted by Crippen LogP contribution is -2.07. The standard InChI is InChI=1S/C22H17ClF3N5O2/c1-12(32)28-20-11-15(7-8-27-20)33-14-4-6-19-18(10-14)30-21(31(19)2)29-13-3-5-17(23)16(9-13)22(24,25)26/h3-11H,1-2H3,(H,29,30)(H,27,28,32). The average Bonchev–Trinajstić information content (AvgIpc) is 3.03. The van der Waals surface area contributed by atoms with Gasteiger partial charge in [0.15, 0.2) is 0 Å². The predicted octanol–water partition coefficient (Wildman–Crippen LogP) is 6.13. The number of hydrogen-bond donors (Lipinski definition) is 2. The Morgan fingerprint density at radius 3 is 2.58 bits per heavy atom. The van der Waals surface area contributed by atoms with Crippen LogP contribution in [0.5, 0.6) is 11.5 Å². The topological polar surface area (TPSA) is 81.1 Å². The monoisotopic (exact) mass is 475 g/mol. The van der Waals surface area contributed by atoms with Gasteiger partial charge in [-0.1, -0.05) is 11.6 Å². The van der Waals surface area contributed by atoms with Crippen molar-refractivity contribution >= 4 is 46.0 Å². The van der Waals surface area contributed by atoms with Crippen LogP contribution in [-0.4, -0.2) is 20.4 Å². The Kier molecular flexibility index (Phi) is 5.86. The third-order valence-corrected chi connectivity index (χ3v) is 4.98. The number of rotatable bonds is 5. The molecule has 2 aromatic carbocycles. The maximum absolute atomic E-state index is 13.2. The number of aromatic nitrogens is 3. The molecule has 0 spiro atoms. The van der Waals surface area contributed by atoms with E-state index in [0.717, 1.165) is 11.6 Å². The van der Waals surface area contributed by atoms with Crippen LogP contribution in [0, 0.1) is 0 Å². The van der Waals surface area contributed by atoms with E-state index in [1.54, 1.807) is 41.9 Å². The number of nitrogens with one attached hydrogen (secondary N) is 2. The van der Waals surface area contributed by atoms with E-state index in [9.17, 15) is 18.0 Å². The quantitative estimate of drug-likeness (QED) is 0.362. The normalized spacial score (nSPS) is 11.5. The summed E-state index contributed by atoms with van der Waals surface area (Å²) in [7, 11) is 1.74. The summed E-state index contributed by atoms with van der Waals surface area (Å²) < 4.78 is 47.0. The summed E-state index contributed by atoms with van der Waals surface area (Å²) in [5, 5.41) is 5.10. The van der Waals surface area contributed by atoms with E-state index < -0.39 is 11.7 Å². The number of carbonyl (C=O) groups excluding carboxylic acids is 1. The molecule has 0 aliphatic heterocycles. The minimum atomic E-state index is -4.57. The number of benzene rings is 2. The van der Waals surface area contributed by atoms with E-state index in [1.165, 1.54) is 25.3 Å². The van der Waals surface area contributed by atoms with Gasteiger partial charge in [-0.3, -0.25) is 4.79 Å². The number of amides is 1. The molecule has 0 bridgehead atoms. The average molecular weight is 476 g/mol. The van der Waals surface area contributed by atoms with Crippen LogP contribution in [0.1, 0.15) is 12.5 Å². The van der Waals surface area contributed by atoms with Gasteiger partial charge in [0.05, 0.1) is 21.6 Å². The van der Waals surface area contributed by atoms with Crippen molar-refractivity contribution in [3.63, 3.8) is 0 Å². The lowest BCUT2D eigenvalue weighted by molar-refractivity contribution is -0.137. The van der Waals surface area contributed by atoms with Crippen molar-refractivity contribution in [2.24, 2.45) is 7.05 Å². The van der Waals surface area contributed by atoms with Crippen LogP contribution in [0.15, 0.2) is 54.7 Å². The van der Waals surface area contributed by atoms with Crippen LogP contribution >= 0.6 is 11.6 Å². The van der Waals surface area contributed by atoms with Gasteiger partial charge in [0.1, 0.15) is 17.3 Å². The molecule has 11 heteroatoms. The van der Waals surface area contributed by atoms with Crippen molar-refractivity contribution in [2.75, 3.05) is 10.6 Å². The number of nitrogens with zero attached hydrogens (tertiary/aromatic N) is 3. The minimum Gasteiger partial charge on any atom is -0.457 e. The molecule has 2 N–H and O–H groups in total. The van der Waals surface area contributed by atoms with Gasteiger partial charge >= 0.3 is 6.18 Å². The Balaban J connectivity index is 1.59. The Hall–Kier alpha value is -3.79. The third-order valence-electron chi connectivity index (χ3n) is 4.65. The van der Waals surface area contributed by atoms with Gasteiger partial charge in [-0.05, 0) is 36.4 Å². The van der Waals surface area contributed by atoms with Crippen molar-refractivity contribution in [2.45, 2.75) is 13.1 Å². The molecule has 0 atom stereocenters. The molecule has 1 amide bonds. The van der Waals surface area contributed by atoms with Crippen molar-refractivity contribution < 1.29 is 22.7 Å². The highest BCUT2D eigenvalue weighted by Gasteiger charge is 2.33. The number of aryl methyl sites for hydroxylation is 1. The van der Waals surface area contributed by atoms with E-state index in [0.29, 0.717) is 28.8 Å². The summed E-state index contributed by atoms with van der Waals surface area (Å²) in [6.45, 7) is 1.38. The Morgan fingerprint density at radius 1 is 1.09 bits per heavy atom. The number of fused-ring (bicyclic) bond motifs is 1. The van der Waals surface area contributed by atoms with Crippen LogP contribution < -0.4 is 15.4 Å². The van der Waals surface area contributed by atoms with E-state index >= 15 is 0 Å². The van der Waals surface area contributed by atoms with E-state index in [-0.39, 0.29) is 16.6 Å². The maximum atomic E-state index is 13.2. The zero-order chi connectivity index (χ0) is 23.8. The lowest BCUT2D eigenvalue weighted by atomic mass is 10.2. The first-order valence-corrected chi connectivity index (χ1v) is 10.00. The molecular formula is C22H17ClF3N5O2. The Labute approximate surface area is 191 Å². The van der Waals surface area contributed by atoms with Crippen LogP contribution in [0.3, 0.4) is 0 Å². The molecule has 0 saturated heterocycles. The predicted molar refractivity (Wildman–Crippen MR) is 119 cm³/mol. The second kappa shape index (κ2) is 8.62. The van der Waals surface area contributed by atoms with Crippen molar-refractivity contribution in [1.29, 1.82) is 0 Å². The van der Waals surface area contributed by atoms with Crippen LogP contribution in [-0.2, 0) is 18.0 Å². The van der Waals surface area contributed by atoms with Gasteiger partial charge in [0, 0.05) is 38.0 Å². The molecule has 0 aliphatic carbocycles. The number of pyridine rings is 1. The second-order valence-electron chi connectivity index (χ2n) is 7.12. The first-order chi connectivity index (χ1) is 15.6. The van der Waals surface area contributed by atoms with Crippen LogP contribution in [0.4, 0.5) is 30.6 Å². The summed E-state index contributed by atoms with van der Waals surface area (Å²) in [5.74, 6) is 1.39. The Morgan fingerprint density at radius 2 is 1.85 bits per heavy atom. The summed E-state index contributed by atoms with van der Waals surface area (Å²) in [4.78, 5) is 19.7. The lowest BCUT2D eigenvalue weighted by Gasteiger charge is -2.12. The number of alkyl halides is 3. The minimum absolute atomic E-state index is 0.198. The molecule has 4 rings (SSSR count). The van der Waals surface area contributed by atoms with Gasteiger partial charge in [-0.25, -0.2) is 9.97 Å². The molecule has 7 nitrogen and oxygen atoms in total. The summed E-state index contributed by atoms with van der Waals surface area (Å²) >= 11 is 5.69. The van der Waals surface area contributed by atoms with Gasteiger partial charge in [-0.15, -0.1) is 0 Å². The highest BCUT2D eigenvalue weighted by Crippen LogP contribution is 2.37. The first-order valence-electron chi connectivity index (χ1n) is 9.62. The molecule has 0 aliphatic rings. The molecule has 2 heterocycles. The summed E-state index contributed by atoms with van der Waals surface area (Å²) in [5.41, 5.74) is 0.575. The fraction of sp³-hybridized carbons (Fsp3) is 0.136. The molecule has 0 unspecified atom stereocenters. The summed E-state index contributed by atoms with van der Waals surface area (Å²) in [6.07, 6.45) is -3.07. The van der Waals surface area contributed by atoms with Crippen molar-refractivity contribution in [3.8, 4) is 11.5 Å². The molecule has 4 aromatic rings. The van der Waals surface area contributed by atoms with Gasteiger partial charge in [0.25, 0.3) is 0 Å². The number of carbonyl (C=O) groups is 1. The fourth-order valence-corrected chi connectivity index (χ4v) is 3.39. The zero-order valence-electron chi connectivity index (χ0n) is 17.4. The van der Waals surface area contributed by atoms with E-state index in [4.69, 9.17) is 16.3 Å². The second-order valence-corrected chi connectivity index (χ2v) is 7.53. The maximum Gasteiger partial charge on any atom is 0.417 e. The largest absolute Gasteiger partial charge is 0.457 e. The molecule has 2 aromatic heterocycles. The smallest absolute Gasteiger partial charge is 0.417 e. The van der Waals surface area contributed by atoms with Gasteiger partial charge < -0.3 is 19.9 Å². The van der Waals surface area contributed by atoms with Crippen molar-refractivity contribution in [1.82, 2.24) is 14.5 Å². The van der Waals surface area contributed by atoms with Gasteiger partial charge in [0.2, 0.25) is 11.9 Å². The highest BCUT2D eigenvalue weighted by molar-refractivity contribution is 6.31. The van der Waals surface area contributed by atoms with Crippen LogP contribution in [0.2, 0.25) is 5.02 Å².